The largest absolute Gasteiger partial charge is 0.469 e. The molecule has 0 aromatic heterocycles. The van der Waals surface area contributed by atoms with Gasteiger partial charge in [-0.1, -0.05) is 25.6 Å². The van der Waals surface area contributed by atoms with Crippen LogP contribution in [0.1, 0.15) is 33.1 Å². The molecule has 10 heteroatoms. The molecule has 0 bridgehead atoms. The van der Waals surface area contributed by atoms with Crippen LogP contribution in [0, 0.1) is 5.41 Å². The summed E-state index contributed by atoms with van der Waals surface area (Å²) in [5, 5.41) is 23.8. The lowest BCUT2D eigenvalue weighted by Crippen LogP contribution is -2.46. The summed E-state index contributed by atoms with van der Waals surface area (Å²) in [6, 6.07) is 0. The zero-order valence-corrected chi connectivity index (χ0v) is 16.2. The standard InChI is InChI=1S/C16H28N2O7S/c1-16(2,10-19)14(23)15(24)18-7-6-11(20)17-8-9-26-13(22)5-4-12(21)25-3/h14,19,23H,4-10H2,1-3H3,(H,17,20)(H,18,24). The number of methoxy groups -OCH3 is 1. The van der Waals surface area contributed by atoms with Crippen molar-refractivity contribution in [3.8, 4) is 0 Å². The van der Waals surface area contributed by atoms with Gasteiger partial charge in [-0.3, -0.25) is 19.2 Å². The van der Waals surface area contributed by atoms with E-state index in [1.54, 1.807) is 13.8 Å². The molecule has 0 rings (SSSR count). The van der Waals surface area contributed by atoms with Crippen molar-refractivity contribution in [2.45, 2.75) is 39.2 Å². The molecule has 0 aliphatic carbocycles. The summed E-state index contributed by atoms with van der Waals surface area (Å²) in [5.41, 5.74) is -0.968. The Morgan fingerprint density at radius 1 is 1.08 bits per heavy atom. The molecule has 0 saturated heterocycles. The number of thioether (sulfide) groups is 1. The van der Waals surface area contributed by atoms with Crippen molar-refractivity contribution in [2.24, 2.45) is 5.41 Å². The van der Waals surface area contributed by atoms with E-state index in [2.05, 4.69) is 15.4 Å². The van der Waals surface area contributed by atoms with Crippen LogP contribution < -0.4 is 10.6 Å². The second kappa shape index (κ2) is 12.7. The third-order valence-electron chi connectivity index (χ3n) is 3.50. The minimum atomic E-state index is -1.37. The fourth-order valence-corrected chi connectivity index (χ4v) is 2.34. The second-order valence-corrected chi connectivity index (χ2v) is 7.39. The van der Waals surface area contributed by atoms with Crippen LogP contribution >= 0.6 is 11.8 Å². The van der Waals surface area contributed by atoms with Crippen molar-refractivity contribution >= 4 is 34.7 Å². The van der Waals surface area contributed by atoms with Gasteiger partial charge in [0.05, 0.1) is 20.1 Å². The average molecular weight is 392 g/mol. The molecular formula is C16H28N2O7S. The summed E-state index contributed by atoms with van der Waals surface area (Å²) in [6.07, 6.45) is -1.22. The van der Waals surface area contributed by atoms with Crippen LogP contribution in [0.2, 0.25) is 0 Å². The van der Waals surface area contributed by atoms with E-state index >= 15 is 0 Å². The molecule has 1 atom stereocenters. The average Bonchev–Trinajstić information content (AvgIpc) is 2.62. The van der Waals surface area contributed by atoms with Crippen molar-refractivity contribution in [3.05, 3.63) is 0 Å². The van der Waals surface area contributed by atoms with Crippen LogP contribution in [-0.4, -0.2) is 71.8 Å². The highest BCUT2D eigenvalue weighted by Crippen LogP contribution is 2.19. The maximum Gasteiger partial charge on any atom is 0.305 e. The van der Waals surface area contributed by atoms with Crippen molar-refractivity contribution in [1.82, 2.24) is 10.6 Å². The molecule has 0 aliphatic rings. The van der Waals surface area contributed by atoms with E-state index in [1.807, 2.05) is 0 Å². The number of hydrogen-bond donors (Lipinski definition) is 4. The Kier molecular flexibility index (Phi) is 11.9. The molecule has 0 aliphatic heterocycles. The van der Waals surface area contributed by atoms with E-state index in [0.29, 0.717) is 5.75 Å². The molecule has 4 N–H and O–H groups in total. The predicted molar refractivity (Wildman–Crippen MR) is 96.2 cm³/mol. The lowest BCUT2D eigenvalue weighted by Gasteiger charge is -2.27. The van der Waals surface area contributed by atoms with Gasteiger partial charge in [-0.15, -0.1) is 0 Å². The summed E-state index contributed by atoms with van der Waals surface area (Å²) < 4.78 is 4.44. The molecule has 9 nitrogen and oxygen atoms in total. The first-order valence-corrected chi connectivity index (χ1v) is 9.18. The first-order chi connectivity index (χ1) is 12.1. The van der Waals surface area contributed by atoms with Gasteiger partial charge in [0.2, 0.25) is 11.8 Å². The van der Waals surface area contributed by atoms with E-state index in [4.69, 9.17) is 5.11 Å². The SMILES string of the molecule is COC(=O)CCC(=O)SCCNC(=O)CCNC(=O)C(O)C(C)(C)CO. The molecular weight excluding hydrogens is 364 g/mol. The number of nitrogens with one attached hydrogen (secondary N) is 2. The van der Waals surface area contributed by atoms with Crippen molar-refractivity contribution in [2.75, 3.05) is 32.6 Å². The third-order valence-corrected chi connectivity index (χ3v) is 4.43. The number of aliphatic hydroxyl groups is 2. The highest BCUT2D eigenvalue weighted by Gasteiger charge is 2.32. The Balaban J connectivity index is 3.83. The minimum absolute atomic E-state index is 0.0268. The number of hydrogen-bond acceptors (Lipinski definition) is 8. The highest BCUT2D eigenvalue weighted by atomic mass is 32.2. The summed E-state index contributed by atoms with van der Waals surface area (Å²) in [5.74, 6) is -1.02. The smallest absolute Gasteiger partial charge is 0.305 e. The Morgan fingerprint density at radius 2 is 1.73 bits per heavy atom. The monoisotopic (exact) mass is 392 g/mol. The first kappa shape index (κ1) is 24.4. The first-order valence-electron chi connectivity index (χ1n) is 8.19. The quantitative estimate of drug-likeness (QED) is 0.250. The number of ether oxygens (including phenoxy) is 1. The normalized spacial score (nSPS) is 12.2. The van der Waals surface area contributed by atoms with Crippen LogP contribution in [0.15, 0.2) is 0 Å². The highest BCUT2D eigenvalue weighted by molar-refractivity contribution is 8.13. The Bertz CT molecular complexity index is 497. The van der Waals surface area contributed by atoms with Gasteiger partial charge >= 0.3 is 5.97 Å². The number of carbonyl (C=O) groups is 4. The van der Waals surface area contributed by atoms with Crippen molar-refractivity contribution in [1.29, 1.82) is 0 Å². The van der Waals surface area contributed by atoms with Gasteiger partial charge in [-0.25, -0.2) is 0 Å². The zero-order valence-electron chi connectivity index (χ0n) is 15.4. The van der Waals surface area contributed by atoms with Crippen molar-refractivity contribution in [3.63, 3.8) is 0 Å². The molecule has 2 amide bonds. The van der Waals surface area contributed by atoms with Gasteiger partial charge in [-0.2, -0.15) is 0 Å². The van der Waals surface area contributed by atoms with E-state index < -0.39 is 23.4 Å². The van der Waals surface area contributed by atoms with E-state index in [0.717, 1.165) is 11.8 Å². The van der Waals surface area contributed by atoms with E-state index in [9.17, 15) is 24.3 Å². The predicted octanol–water partition coefficient (Wildman–Crippen LogP) is -0.799. The van der Waals surface area contributed by atoms with Gasteiger partial charge in [0.1, 0.15) is 6.10 Å². The molecule has 0 spiro atoms. The summed E-state index contributed by atoms with van der Waals surface area (Å²) in [6.45, 7) is 3.08. The third kappa shape index (κ3) is 10.4. The molecule has 1 unspecified atom stereocenters. The van der Waals surface area contributed by atoms with Crippen LogP contribution in [-0.2, 0) is 23.9 Å². The van der Waals surface area contributed by atoms with Crippen LogP contribution in [0.25, 0.3) is 0 Å². The molecule has 0 aromatic rings. The fraction of sp³-hybridized carbons (Fsp3) is 0.750. The molecule has 0 aromatic carbocycles. The number of amides is 2. The van der Waals surface area contributed by atoms with E-state index in [1.165, 1.54) is 7.11 Å². The van der Waals surface area contributed by atoms with E-state index in [-0.39, 0.29) is 50.0 Å². The Labute approximate surface area is 157 Å². The second-order valence-electron chi connectivity index (χ2n) is 6.24. The summed E-state index contributed by atoms with van der Waals surface area (Å²) in [7, 11) is 1.26. The Morgan fingerprint density at radius 3 is 2.31 bits per heavy atom. The van der Waals surface area contributed by atoms with Crippen molar-refractivity contribution < 1.29 is 34.1 Å². The Hall–Kier alpha value is -1.65. The molecule has 150 valence electrons. The molecule has 0 saturated carbocycles. The molecule has 0 radical (unpaired) electrons. The van der Waals surface area contributed by atoms with Gasteiger partial charge in [0.25, 0.3) is 0 Å². The molecule has 0 fully saturated rings. The van der Waals surface area contributed by atoms with Gasteiger partial charge in [-0.05, 0) is 0 Å². The van der Waals surface area contributed by atoms with Gasteiger partial charge in [0.15, 0.2) is 5.12 Å². The number of esters is 1. The number of carbonyl (C=O) groups excluding carboxylic acids is 4. The molecule has 26 heavy (non-hydrogen) atoms. The minimum Gasteiger partial charge on any atom is -0.469 e. The lowest BCUT2D eigenvalue weighted by atomic mass is 9.87. The van der Waals surface area contributed by atoms with Crippen LogP contribution in [0.4, 0.5) is 0 Å². The summed E-state index contributed by atoms with van der Waals surface area (Å²) >= 11 is 1.02. The summed E-state index contributed by atoms with van der Waals surface area (Å²) in [4.78, 5) is 45.7. The van der Waals surface area contributed by atoms with Crippen LogP contribution in [0.3, 0.4) is 0 Å². The van der Waals surface area contributed by atoms with Crippen LogP contribution in [0.5, 0.6) is 0 Å². The fourth-order valence-electron chi connectivity index (χ4n) is 1.66. The maximum atomic E-state index is 11.7. The number of aliphatic hydroxyl groups excluding tert-OH is 2. The molecule has 0 heterocycles. The number of rotatable bonds is 12. The maximum absolute atomic E-state index is 11.7. The lowest BCUT2D eigenvalue weighted by molar-refractivity contribution is -0.141. The van der Waals surface area contributed by atoms with Gasteiger partial charge in [0, 0.05) is 37.1 Å². The van der Waals surface area contributed by atoms with Gasteiger partial charge < -0.3 is 25.6 Å². The zero-order chi connectivity index (χ0) is 20.2. The topological polar surface area (TPSA) is 142 Å².